The molecular weight excluding hydrogens is 428 g/mol. The van der Waals surface area contributed by atoms with E-state index in [1.807, 2.05) is 0 Å². The third-order valence-electron chi connectivity index (χ3n) is 6.01. The number of thioether (sulfide) groups is 1. The van der Waals surface area contributed by atoms with Gasteiger partial charge in [-0.05, 0) is 86.1 Å². The second-order valence-corrected chi connectivity index (χ2v) is 10.2. The lowest BCUT2D eigenvalue weighted by Gasteiger charge is -2.17. The maximum atomic E-state index is 11.6. The molecule has 0 heterocycles. The molecule has 0 bridgehead atoms. The highest BCUT2D eigenvalue weighted by molar-refractivity contribution is 8.13. The Morgan fingerprint density at radius 3 is 2.64 bits per heavy atom. The van der Waals surface area contributed by atoms with Gasteiger partial charge in [-0.15, -0.1) is 0 Å². The summed E-state index contributed by atoms with van der Waals surface area (Å²) in [7, 11) is 3.92. The molecular formula is C28H38N2O2S. The first-order chi connectivity index (χ1) is 16.0. The fraction of sp³-hybridized carbons (Fsp3) is 0.464. The number of hydrogen-bond donors (Lipinski definition) is 1. The van der Waals surface area contributed by atoms with Crippen molar-refractivity contribution in [1.82, 2.24) is 10.2 Å². The van der Waals surface area contributed by atoms with Crippen LogP contribution < -0.4 is 5.32 Å². The second kappa shape index (κ2) is 13.0. The molecule has 1 fully saturated rings. The molecule has 1 N–H and O–H groups in total. The number of carbonyl (C=O) groups is 1. The second-order valence-electron chi connectivity index (χ2n) is 9.02. The minimum absolute atomic E-state index is 0.140. The van der Waals surface area contributed by atoms with Crippen LogP contribution in [0.4, 0.5) is 0 Å². The van der Waals surface area contributed by atoms with Crippen LogP contribution in [-0.4, -0.2) is 43.4 Å². The number of nitrogens with zero attached hydrogens (tertiary/aromatic N) is 1. The molecule has 1 aliphatic carbocycles. The zero-order valence-electron chi connectivity index (χ0n) is 20.5. The smallest absolute Gasteiger partial charge is 0.190 e. The molecule has 4 nitrogen and oxygen atoms in total. The Morgan fingerprint density at radius 1 is 1.18 bits per heavy atom. The van der Waals surface area contributed by atoms with Crippen molar-refractivity contribution in [3.63, 3.8) is 0 Å². The summed E-state index contributed by atoms with van der Waals surface area (Å²) in [4.78, 5) is 14.9. The summed E-state index contributed by atoms with van der Waals surface area (Å²) in [6.45, 7) is 6.45. The molecule has 2 aromatic rings. The van der Waals surface area contributed by atoms with E-state index in [0.29, 0.717) is 5.92 Å². The van der Waals surface area contributed by atoms with E-state index in [2.05, 4.69) is 78.9 Å². The van der Waals surface area contributed by atoms with Crippen molar-refractivity contribution in [1.29, 1.82) is 0 Å². The number of methoxy groups -OCH3 is 1. The Kier molecular flexibility index (Phi) is 10.0. The van der Waals surface area contributed by atoms with Crippen LogP contribution in [0.15, 0.2) is 59.6 Å². The van der Waals surface area contributed by atoms with Crippen molar-refractivity contribution < 1.29 is 9.53 Å². The minimum atomic E-state index is 0.140. The Labute approximate surface area is 203 Å². The number of carbonyl (C=O) groups excluding carboxylic acids is 1. The summed E-state index contributed by atoms with van der Waals surface area (Å²) in [5, 5.41) is 3.71. The van der Waals surface area contributed by atoms with Crippen molar-refractivity contribution in [3.8, 4) is 0 Å². The van der Waals surface area contributed by atoms with E-state index < -0.39 is 0 Å². The Morgan fingerprint density at radius 2 is 1.91 bits per heavy atom. The van der Waals surface area contributed by atoms with Gasteiger partial charge in [0.25, 0.3) is 0 Å². The standard InChI is InChI=1S/C28H38N2O2S/c1-21-7-5-10-26(28(21)33-22(2)31)14-17-29-16-13-23-8-6-9-24(19-23)20-30(3)18-15-27(32-4)25-11-12-25/h5-10,15,18-19,25,27,29H,11-14,16-17,20H2,1-4H3/b18-15+. The van der Waals surface area contributed by atoms with E-state index >= 15 is 0 Å². The Bertz CT molecular complexity index is 939. The van der Waals surface area contributed by atoms with Gasteiger partial charge >= 0.3 is 0 Å². The van der Waals surface area contributed by atoms with Crippen LogP contribution in [0.5, 0.6) is 0 Å². The number of ether oxygens (including phenoxy) is 1. The first-order valence-electron chi connectivity index (χ1n) is 11.9. The molecule has 0 amide bonds. The molecule has 5 heteroatoms. The van der Waals surface area contributed by atoms with Crippen LogP contribution in [-0.2, 0) is 28.9 Å². The van der Waals surface area contributed by atoms with E-state index in [-0.39, 0.29) is 11.2 Å². The fourth-order valence-corrected chi connectivity index (χ4v) is 4.91. The summed E-state index contributed by atoms with van der Waals surface area (Å²) < 4.78 is 5.58. The molecule has 0 aliphatic heterocycles. The van der Waals surface area contributed by atoms with Crippen LogP contribution in [0.2, 0.25) is 0 Å². The van der Waals surface area contributed by atoms with Gasteiger partial charge in [-0.25, -0.2) is 0 Å². The first kappa shape index (κ1) is 25.5. The lowest BCUT2D eigenvalue weighted by molar-refractivity contribution is -0.109. The topological polar surface area (TPSA) is 41.6 Å². The molecule has 33 heavy (non-hydrogen) atoms. The van der Waals surface area contributed by atoms with E-state index in [1.54, 1.807) is 14.0 Å². The van der Waals surface area contributed by atoms with Crippen molar-refractivity contribution in [2.75, 3.05) is 27.2 Å². The highest BCUT2D eigenvalue weighted by Gasteiger charge is 2.29. The number of benzene rings is 2. The SMILES string of the molecule is COC(/C=C/N(C)Cc1cccc(CCNCCc2cccc(C)c2SC(C)=O)c1)C1CC1. The highest BCUT2D eigenvalue weighted by Crippen LogP contribution is 2.34. The van der Waals surface area contributed by atoms with Crippen LogP contribution in [0, 0.1) is 12.8 Å². The van der Waals surface area contributed by atoms with Gasteiger partial charge in [0.1, 0.15) is 0 Å². The molecule has 178 valence electrons. The van der Waals surface area contributed by atoms with E-state index in [0.717, 1.165) is 37.4 Å². The van der Waals surface area contributed by atoms with Crippen LogP contribution in [0.25, 0.3) is 0 Å². The average molecular weight is 467 g/mol. The molecule has 0 saturated heterocycles. The van der Waals surface area contributed by atoms with Crippen LogP contribution in [0.1, 0.15) is 42.0 Å². The molecule has 1 unspecified atom stereocenters. The molecule has 1 atom stereocenters. The van der Waals surface area contributed by atoms with Crippen molar-refractivity contribution >= 4 is 16.9 Å². The maximum Gasteiger partial charge on any atom is 0.190 e. The van der Waals surface area contributed by atoms with Gasteiger partial charge in [0, 0.05) is 32.5 Å². The van der Waals surface area contributed by atoms with Gasteiger partial charge in [-0.1, -0.05) is 54.2 Å². The number of nitrogens with one attached hydrogen (secondary N) is 1. The number of rotatable bonds is 13. The Balaban J connectivity index is 1.42. The van der Waals surface area contributed by atoms with Crippen molar-refractivity contribution in [2.24, 2.45) is 5.92 Å². The highest BCUT2D eigenvalue weighted by atomic mass is 32.2. The number of aryl methyl sites for hydroxylation is 1. The van der Waals surface area contributed by atoms with Gasteiger partial charge in [-0.2, -0.15) is 0 Å². The fourth-order valence-electron chi connectivity index (χ4n) is 4.09. The van der Waals surface area contributed by atoms with E-state index in [4.69, 9.17) is 4.74 Å². The van der Waals surface area contributed by atoms with E-state index in [1.165, 1.54) is 46.9 Å². The summed E-state index contributed by atoms with van der Waals surface area (Å²) in [5.74, 6) is 0.709. The van der Waals surface area contributed by atoms with Gasteiger partial charge in [0.2, 0.25) is 0 Å². The predicted molar refractivity (Wildman–Crippen MR) is 139 cm³/mol. The number of hydrogen-bond acceptors (Lipinski definition) is 5. The summed E-state index contributed by atoms with van der Waals surface area (Å²) in [6.07, 6.45) is 9.10. The molecule has 0 radical (unpaired) electrons. The third kappa shape index (κ3) is 8.65. The molecule has 0 spiro atoms. The Hall–Kier alpha value is -2.08. The molecule has 3 rings (SSSR count). The minimum Gasteiger partial charge on any atom is -0.377 e. The molecule has 2 aromatic carbocycles. The third-order valence-corrected chi connectivity index (χ3v) is 7.09. The van der Waals surface area contributed by atoms with Crippen LogP contribution >= 0.6 is 11.8 Å². The largest absolute Gasteiger partial charge is 0.377 e. The maximum absolute atomic E-state index is 11.6. The normalized spacial score (nSPS) is 14.5. The van der Waals surface area contributed by atoms with Gasteiger partial charge in [-0.3, -0.25) is 4.79 Å². The van der Waals surface area contributed by atoms with Gasteiger partial charge < -0.3 is 15.0 Å². The van der Waals surface area contributed by atoms with Crippen molar-refractivity contribution in [2.45, 2.75) is 57.1 Å². The summed E-state index contributed by atoms with van der Waals surface area (Å²) in [5.41, 5.74) is 5.10. The van der Waals surface area contributed by atoms with Crippen LogP contribution in [0.3, 0.4) is 0 Å². The summed E-state index contributed by atoms with van der Waals surface area (Å²) in [6, 6.07) is 15.2. The molecule has 1 saturated carbocycles. The molecule has 1 aliphatic rings. The zero-order valence-corrected chi connectivity index (χ0v) is 21.3. The lowest BCUT2D eigenvalue weighted by Crippen LogP contribution is -2.20. The van der Waals surface area contributed by atoms with E-state index in [9.17, 15) is 4.79 Å². The molecule has 0 aromatic heterocycles. The van der Waals surface area contributed by atoms with Crippen molar-refractivity contribution in [3.05, 3.63) is 77.0 Å². The van der Waals surface area contributed by atoms with Gasteiger partial charge in [0.15, 0.2) is 5.12 Å². The van der Waals surface area contributed by atoms with Gasteiger partial charge in [0.05, 0.1) is 6.10 Å². The average Bonchev–Trinajstić information content (AvgIpc) is 3.61. The quantitative estimate of drug-likeness (QED) is 0.317. The first-order valence-corrected chi connectivity index (χ1v) is 12.7. The summed E-state index contributed by atoms with van der Waals surface area (Å²) >= 11 is 1.35. The monoisotopic (exact) mass is 466 g/mol. The predicted octanol–water partition coefficient (Wildman–Crippen LogP) is 5.38. The zero-order chi connectivity index (χ0) is 23.6. The lowest BCUT2D eigenvalue weighted by atomic mass is 10.1.